The number of hydrogen-bond donors (Lipinski definition) is 1. The van der Waals surface area contributed by atoms with E-state index in [0.29, 0.717) is 12.1 Å². The number of nitrogens with zero attached hydrogens (tertiary/aromatic N) is 2. The molecule has 1 saturated heterocycles. The van der Waals surface area contributed by atoms with E-state index in [1.807, 2.05) is 0 Å². The first kappa shape index (κ1) is 13.8. The second-order valence-electron chi connectivity index (χ2n) is 5.63. The van der Waals surface area contributed by atoms with Crippen LogP contribution in [0.25, 0.3) is 0 Å². The molecule has 0 aromatic heterocycles. The van der Waals surface area contributed by atoms with Gasteiger partial charge in [-0.05, 0) is 45.7 Å². The third-order valence-electron chi connectivity index (χ3n) is 4.56. The second-order valence-corrected chi connectivity index (χ2v) is 5.63. The zero-order chi connectivity index (χ0) is 13.0. The standard InChI is InChI=1S/C14H25N3O/c1-3-16-14(11-15)7-4-13(10-14)17(2)12-5-8-18-9-6-12/h12-13,16H,3-10H2,1-2H3. The highest BCUT2D eigenvalue weighted by Gasteiger charge is 2.41. The Morgan fingerprint density at radius 1 is 1.33 bits per heavy atom. The molecule has 102 valence electrons. The Bertz CT molecular complexity index is 309. The SMILES string of the molecule is CCNC1(C#N)CCC(N(C)C2CCOCC2)C1. The summed E-state index contributed by atoms with van der Waals surface area (Å²) in [6.07, 6.45) is 5.34. The van der Waals surface area contributed by atoms with Gasteiger partial charge in [-0.25, -0.2) is 0 Å². The maximum absolute atomic E-state index is 9.41. The van der Waals surface area contributed by atoms with Crippen molar-refractivity contribution in [3.63, 3.8) is 0 Å². The van der Waals surface area contributed by atoms with Crippen LogP contribution in [-0.4, -0.2) is 49.3 Å². The van der Waals surface area contributed by atoms with Crippen molar-refractivity contribution >= 4 is 0 Å². The molecule has 4 nitrogen and oxygen atoms in total. The molecule has 0 amide bonds. The summed E-state index contributed by atoms with van der Waals surface area (Å²) in [5, 5.41) is 12.8. The normalized spacial score (nSPS) is 33.8. The Morgan fingerprint density at radius 3 is 2.67 bits per heavy atom. The quantitative estimate of drug-likeness (QED) is 0.823. The van der Waals surface area contributed by atoms with Crippen molar-refractivity contribution in [2.45, 2.75) is 56.7 Å². The van der Waals surface area contributed by atoms with Gasteiger partial charge in [0.1, 0.15) is 5.54 Å². The Balaban J connectivity index is 1.93. The maximum Gasteiger partial charge on any atom is 0.108 e. The fourth-order valence-electron chi connectivity index (χ4n) is 3.40. The highest BCUT2D eigenvalue weighted by atomic mass is 16.5. The van der Waals surface area contributed by atoms with Gasteiger partial charge in [-0.15, -0.1) is 0 Å². The molecule has 0 aromatic carbocycles. The number of rotatable bonds is 4. The van der Waals surface area contributed by atoms with Gasteiger partial charge in [0.2, 0.25) is 0 Å². The van der Waals surface area contributed by atoms with Crippen LogP contribution in [0, 0.1) is 11.3 Å². The number of nitriles is 1. The number of ether oxygens (including phenoxy) is 1. The van der Waals surface area contributed by atoms with Gasteiger partial charge in [-0.3, -0.25) is 5.32 Å². The molecule has 2 unspecified atom stereocenters. The van der Waals surface area contributed by atoms with Crippen molar-refractivity contribution in [1.82, 2.24) is 10.2 Å². The van der Waals surface area contributed by atoms with E-state index in [1.54, 1.807) is 0 Å². The zero-order valence-corrected chi connectivity index (χ0v) is 11.6. The molecular formula is C14H25N3O. The molecule has 2 fully saturated rings. The second kappa shape index (κ2) is 6.01. The van der Waals surface area contributed by atoms with Crippen molar-refractivity contribution in [1.29, 1.82) is 5.26 Å². The van der Waals surface area contributed by atoms with E-state index in [-0.39, 0.29) is 5.54 Å². The summed E-state index contributed by atoms with van der Waals surface area (Å²) >= 11 is 0. The zero-order valence-electron chi connectivity index (χ0n) is 11.6. The minimum Gasteiger partial charge on any atom is -0.381 e. The molecule has 2 aliphatic rings. The van der Waals surface area contributed by atoms with Crippen LogP contribution in [0.3, 0.4) is 0 Å². The van der Waals surface area contributed by atoms with Crippen molar-refractivity contribution in [3.8, 4) is 6.07 Å². The minimum atomic E-state index is -0.279. The summed E-state index contributed by atoms with van der Waals surface area (Å²) in [4.78, 5) is 2.50. The van der Waals surface area contributed by atoms with Crippen molar-refractivity contribution in [3.05, 3.63) is 0 Å². The first-order valence-electron chi connectivity index (χ1n) is 7.17. The van der Waals surface area contributed by atoms with Crippen LogP contribution in [0.15, 0.2) is 0 Å². The highest BCUT2D eigenvalue weighted by molar-refractivity contribution is 5.13. The lowest BCUT2D eigenvalue weighted by Crippen LogP contribution is -2.46. The Kier molecular flexibility index (Phi) is 4.60. The van der Waals surface area contributed by atoms with Gasteiger partial charge in [-0.1, -0.05) is 6.92 Å². The van der Waals surface area contributed by atoms with E-state index in [0.717, 1.165) is 51.9 Å². The molecular weight excluding hydrogens is 226 g/mol. The van der Waals surface area contributed by atoms with Gasteiger partial charge in [0.15, 0.2) is 0 Å². The molecule has 1 saturated carbocycles. The molecule has 1 aliphatic carbocycles. The molecule has 4 heteroatoms. The third-order valence-corrected chi connectivity index (χ3v) is 4.56. The molecule has 0 spiro atoms. The molecule has 2 rings (SSSR count). The minimum absolute atomic E-state index is 0.279. The Hall–Kier alpha value is -0.630. The van der Waals surface area contributed by atoms with Crippen molar-refractivity contribution in [2.75, 3.05) is 26.8 Å². The van der Waals surface area contributed by atoms with Crippen LogP contribution in [0.1, 0.15) is 39.0 Å². The fourth-order valence-corrected chi connectivity index (χ4v) is 3.40. The Morgan fingerprint density at radius 2 is 2.06 bits per heavy atom. The molecule has 0 bridgehead atoms. The van der Waals surface area contributed by atoms with Gasteiger partial charge < -0.3 is 9.64 Å². The number of nitrogens with one attached hydrogen (secondary N) is 1. The van der Waals surface area contributed by atoms with Gasteiger partial charge in [0, 0.05) is 25.3 Å². The first-order valence-corrected chi connectivity index (χ1v) is 7.17. The lowest BCUT2D eigenvalue weighted by molar-refractivity contribution is 0.0287. The van der Waals surface area contributed by atoms with E-state index >= 15 is 0 Å². The largest absolute Gasteiger partial charge is 0.381 e. The summed E-state index contributed by atoms with van der Waals surface area (Å²) in [5.74, 6) is 0. The van der Waals surface area contributed by atoms with Crippen LogP contribution >= 0.6 is 0 Å². The Labute approximate surface area is 110 Å². The molecule has 2 atom stereocenters. The molecule has 1 aliphatic heterocycles. The van der Waals surface area contributed by atoms with Crippen molar-refractivity contribution < 1.29 is 4.74 Å². The van der Waals surface area contributed by atoms with Gasteiger partial charge >= 0.3 is 0 Å². The van der Waals surface area contributed by atoms with Crippen LogP contribution in [0.4, 0.5) is 0 Å². The maximum atomic E-state index is 9.41. The molecule has 18 heavy (non-hydrogen) atoms. The lowest BCUT2D eigenvalue weighted by Gasteiger charge is -2.36. The third kappa shape index (κ3) is 2.85. The fraction of sp³-hybridized carbons (Fsp3) is 0.929. The van der Waals surface area contributed by atoms with Crippen molar-refractivity contribution in [2.24, 2.45) is 0 Å². The average Bonchev–Trinajstić information content (AvgIpc) is 2.84. The predicted octanol–water partition coefficient (Wildman–Crippen LogP) is 1.52. The van der Waals surface area contributed by atoms with E-state index in [1.165, 1.54) is 0 Å². The highest BCUT2D eigenvalue weighted by Crippen LogP contribution is 2.34. The topological polar surface area (TPSA) is 48.3 Å². The van der Waals surface area contributed by atoms with Gasteiger partial charge in [0.05, 0.1) is 6.07 Å². The van der Waals surface area contributed by atoms with Crippen LogP contribution in [0.5, 0.6) is 0 Å². The summed E-state index contributed by atoms with van der Waals surface area (Å²) in [6, 6.07) is 3.69. The summed E-state index contributed by atoms with van der Waals surface area (Å²) < 4.78 is 5.42. The van der Waals surface area contributed by atoms with Crippen LogP contribution in [-0.2, 0) is 4.74 Å². The first-order chi connectivity index (χ1) is 8.71. The van der Waals surface area contributed by atoms with E-state index in [4.69, 9.17) is 4.74 Å². The molecule has 1 N–H and O–H groups in total. The van der Waals surface area contributed by atoms with Gasteiger partial charge in [-0.2, -0.15) is 5.26 Å². The van der Waals surface area contributed by atoms with E-state index in [2.05, 4.69) is 30.3 Å². The smallest absolute Gasteiger partial charge is 0.108 e. The predicted molar refractivity (Wildman–Crippen MR) is 71.3 cm³/mol. The average molecular weight is 251 g/mol. The summed E-state index contributed by atoms with van der Waals surface area (Å²) in [7, 11) is 2.22. The number of hydrogen-bond acceptors (Lipinski definition) is 4. The summed E-state index contributed by atoms with van der Waals surface area (Å²) in [5.41, 5.74) is -0.279. The van der Waals surface area contributed by atoms with Crippen LogP contribution in [0.2, 0.25) is 0 Å². The monoisotopic (exact) mass is 251 g/mol. The molecule has 0 radical (unpaired) electrons. The summed E-state index contributed by atoms with van der Waals surface area (Å²) in [6.45, 7) is 4.73. The van der Waals surface area contributed by atoms with E-state index in [9.17, 15) is 5.26 Å². The molecule has 0 aromatic rings. The van der Waals surface area contributed by atoms with E-state index < -0.39 is 0 Å². The molecule has 1 heterocycles. The van der Waals surface area contributed by atoms with Gasteiger partial charge in [0.25, 0.3) is 0 Å². The van der Waals surface area contributed by atoms with Crippen LogP contribution < -0.4 is 5.32 Å². The lowest BCUT2D eigenvalue weighted by atomic mass is 9.98.